The van der Waals surface area contributed by atoms with Gasteiger partial charge in [-0.1, -0.05) is 41.9 Å². The Labute approximate surface area is 272 Å². The third kappa shape index (κ3) is 4.79. The van der Waals surface area contributed by atoms with Gasteiger partial charge in [0.2, 0.25) is 11.8 Å². The number of halogens is 2. The minimum absolute atomic E-state index is 0.147. The molecule has 0 amide bonds. The highest BCUT2D eigenvalue weighted by Crippen LogP contribution is 2.47. The first-order valence-corrected chi connectivity index (χ1v) is 16.3. The van der Waals surface area contributed by atoms with Crippen molar-refractivity contribution in [1.82, 2.24) is 19.8 Å². The Kier molecular flexibility index (Phi) is 7.49. The van der Waals surface area contributed by atoms with Crippen LogP contribution in [-0.2, 0) is 12.8 Å². The number of aliphatic hydroxyl groups is 2. The van der Waals surface area contributed by atoms with Crippen molar-refractivity contribution in [2.24, 2.45) is 0 Å². The van der Waals surface area contributed by atoms with Gasteiger partial charge in [-0.3, -0.25) is 9.80 Å². The van der Waals surface area contributed by atoms with Gasteiger partial charge in [0, 0.05) is 71.6 Å². The molecule has 2 fully saturated rings. The highest BCUT2D eigenvalue weighted by molar-refractivity contribution is 6.36. The van der Waals surface area contributed by atoms with E-state index in [2.05, 4.69) is 15.9 Å². The van der Waals surface area contributed by atoms with E-state index in [-0.39, 0.29) is 24.3 Å². The molecule has 0 saturated carbocycles. The van der Waals surface area contributed by atoms with Crippen molar-refractivity contribution < 1.29 is 24.1 Å². The number of aliphatic hydroxyl groups excluding tert-OH is 2. The number of aromatic nitrogens is 2. The van der Waals surface area contributed by atoms with Crippen molar-refractivity contribution in [3.05, 3.63) is 81.6 Å². The van der Waals surface area contributed by atoms with Crippen LogP contribution in [0.3, 0.4) is 0 Å². The topological polar surface area (TPSA) is 91.2 Å². The zero-order valence-corrected chi connectivity index (χ0v) is 26.6. The molecule has 2 unspecified atom stereocenters. The van der Waals surface area contributed by atoms with Crippen LogP contribution < -0.4 is 9.47 Å². The van der Waals surface area contributed by atoms with Gasteiger partial charge in [-0.15, -0.1) is 0 Å². The standard InChI is InChI=1S/C36H36ClFN4O4/c1-45-35-31-19(9-11-29(31)41-15-21(43)16-41)13-27(39-35)25-7-3-5-23(33(25)37)24-6-4-8-26(34(24)38)28-14-20-10-12-30(42-17-22(44)18-42)32(20)36(40-28)46-2/h3-8,13-14,21-22,29-30,43-44H,9-12,15-18H2,1-2H3. The summed E-state index contributed by atoms with van der Waals surface area (Å²) in [6.07, 6.45) is 3.01. The second-order valence-corrected chi connectivity index (χ2v) is 13.2. The van der Waals surface area contributed by atoms with E-state index in [1.165, 1.54) is 0 Å². The Bertz CT molecular complexity index is 1710. The van der Waals surface area contributed by atoms with Crippen LogP contribution in [0.15, 0.2) is 48.5 Å². The SMILES string of the molecule is COc1nc(-c2cccc(-c3cccc(-c4cc5c(c(OC)n4)C(N4CC(O)C4)CC5)c3Cl)c2F)cc2c1C(N1CC(O)C1)CC2. The summed E-state index contributed by atoms with van der Waals surface area (Å²) in [4.78, 5) is 14.2. The molecule has 2 aromatic heterocycles. The molecule has 2 saturated heterocycles. The van der Waals surface area contributed by atoms with E-state index in [4.69, 9.17) is 31.0 Å². The fraction of sp³-hybridized carbons (Fsp3) is 0.389. The molecule has 2 aromatic carbocycles. The van der Waals surface area contributed by atoms with E-state index in [1.54, 1.807) is 26.4 Å². The van der Waals surface area contributed by atoms with Gasteiger partial charge in [0.1, 0.15) is 5.82 Å². The van der Waals surface area contributed by atoms with Gasteiger partial charge in [-0.25, -0.2) is 14.4 Å². The second kappa shape index (κ2) is 11.6. The zero-order chi connectivity index (χ0) is 31.7. The summed E-state index contributed by atoms with van der Waals surface area (Å²) in [6.45, 7) is 2.60. The van der Waals surface area contributed by atoms with Crippen molar-refractivity contribution >= 4 is 11.6 Å². The Balaban J connectivity index is 1.15. The van der Waals surface area contributed by atoms with Crippen LogP contribution in [0, 0.1) is 5.82 Å². The maximum Gasteiger partial charge on any atom is 0.218 e. The molecule has 4 aliphatic rings. The van der Waals surface area contributed by atoms with Crippen LogP contribution in [0.2, 0.25) is 5.02 Å². The molecule has 46 heavy (non-hydrogen) atoms. The maximum atomic E-state index is 16.5. The van der Waals surface area contributed by atoms with Crippen LogP contribution in [0.5, 0.6) is 11.8 Å². The predicted molar refractivity (Wildman–Crippen MR) is 174 cm³/mol. The molecule has 0 radical (unpaired) electrons. The lowest BCUT2D eigenvalue weighted by Crippen LogP contribution is -2.51. The quantitative estimate of drug-likeness (QED) is 0.269. The summed E-state index contributed by atoms with van der Waals surface area (Å²) in [5, 5.41) is 20.1. The summed E-state index contributed by atoms with van der Waals surface area (Å²) >= 11 is 7.08. The Morgan fingerprint density at radius 3 is 1.67 bits per heavy atom. The van der Waals surface area contributed by atoms with Gasteiger partial charge in [-0.2, -0.15) is 0 Å². The van der Waals surface area contributed by atoms with Gasteiger partial charge in [0.05, 0.1) is 42.8 Å². The number of benzene rings is 2. The van der Waals surface area contributed by atoms with Crippen molar-refractivity contribution in [1.29, 1.82) is 0 Å². The lowest BCUT2D eigenvalue weighted by molar-refractivity contribution is -0.0257. The molecular weight excluding hydrogens is 607 g/mol. The molecule has 2 aliphatic carbocycles. The zero-order valence-electron chi connectivity index (χ0n) is 25.8. The normalized spacial score (nSPS) is 21.5. The van der Waals surface area contributed by atoms with Crippen LogP contribution in [0.1, 0.15) is 47.2 Å². The highest BCUT2D eigenvalue weighted by Gasteiger charge is 2.39. The molecule has 238 valence electrons. The molecule has 10 heteroatoms. The molecule has 8 nitrogen and oxygen atoms in total. The summed E-state index contributed by atoms with van der Waals surface area (Å²) in [6, 6.07) is 15.3. The fourth-order valence-corrected chi connectivity index (χ4v) is 8.17. The second-order valence-electron chi connectivity index (χ2n) is 12.8. The lowest BCUT2D eigenvalue weighted by Gasteiger charge is -2.40. The van der Waals surface area contributed by atoms with E-state index in [1.807, 2.05) is 30.3 Å². The number of methoxy groups -OCH3 is 2. The van der Waals surface area contributed by atoms with E-state index >= 15 is 4.39 Å². The average molecular weight is 643 g/mol. The van der Waals surface area contributed by atoms with Gasteiger partial charge in [-0.05, 0) is 55.0 Å². The first-order chi connectivity index (χ1) is 22.3. The molecule has 4 aromatic rings. The smallest absolute Gasteiger partial charge is 0.218 e. The van der Waals surface area contributed by atoms with E-state index in [0.717, 1.165) is 47.9 Å². The Morgan fingerprint density at radius 2 is 1.17 bits per heavy atom. The summed E-state index contributed by atoms with van der Waals surface area (Å²) in [5.41, 5.74) is 7.59. The molecule has 2 aliphatic heterocycles. The first kappa shape index (κ1) is 29.8. The van der Waals surface area contributed by atoms with E-state index < -0.39 is 5.82 Å². The number of pyridine rings is 2. The monoisotopic (exact) mass is 642 g/mol. The minimum atomic E-state index is -0.407. The van der Waals surface area contributed by atoms with Gasteiger partial charge < -0.3 is 19.7 Å². The molecule has 2 atom stereocenters. The fourth-order valence-electron chi connectivity index (χ4n) is 7.84. The first-order valence-electron chi connectivity index (χ1n) is 15.9. The number of fused-ring (bicyclic) bond motifs is 2. The van der Waals surface area contributed by atoms with Crippen molar-refractivity contribution in [3.63, 3.8) is 0 Å². The van der Waals surface area contributed by atoms with Crippen molar-refractivity contribution in [2.75, 3.05) is 40.4 Å². The summed E-state index contributed by atoms with van der Waals surface area (Å²) < 4.78 is 28.0. The number of β-amino-alcohol motifs (C(OH)–C–C–N with tert-alkyl or cyclic N) is 2. The maximum absolute atomic E-state index is 16.5. The Morgan fingerprint density at radius 1 is 0.717 bits per heavy atom. The van der Waals surface area contributed by atoms with Crippen molar-refractivity contribution in [2.45, 2.75) is 50.0 Å². The van der Waals surface area contributed by atoms with Gasteiger partial charge in [0.25, 0.3) is 0 Å². The number of likely N-dealkylation sites (tertiary alicyclic amines) is 2. The molecule has 0 spiro atoms. The molecule has 2 N–H and O–H groups in total. The van der Waals surface area contributed by atoms with E-state index in [0.29, 0.717) is 76.6 Å². The van der Waals surface area contributed by atoms with Crippen LogP contribution in [0.25, 0.3) is 33.6 Å². The molecule has 4 heterocycles. The van der Waals surface area contributed by atoms with Crippen LogP contribution in [-0.4, -0.2) is 82.6 Å². The molecule has 8 rings (SSSR count). The summed E-state index contributed by atoms with van der Waals surface area (Å²) in [5.74, 6) is 0.663. The average Bonchev–Trinajstić information content (AvgIpc) is 3.65. The third-order valence-electron chi connectivity index (χ3n) is 10.1. The number of hydrogen-bond donors (Lipinski definition) is 2. The number of aryl methyl sites for hydroxylation is 2. The van der Waals surface area contributed by atoms with E-state index in [9.17, 15) is 10.2 Å². The molecular formula is C36H36ClFN4O4. The third-order valence-corrected chi connectivity index (χ3v) is 10.6. The minimum Gasteiger partial charge on any atom is -0.481 e. The van der Waals surface area contributed by atoms with Gasteiger partial charge >= 0.3 is 0 Å². The Hall–Kier alpha value is -3.60. The highest BCUT2D eigenvalue weighted by atomic mass is 35.5. The predicted octanol–water partition coefficient (Wildman–Crippen LogP) is 5.61. The number of hydrogen-bond acceptors (Lipinski definition) is 8. The van der Waals surface area contributed by atoms with Crippen LogP contribution in [0.4, 0.5) is 4.39 Å². The number of rotatable bonds is 7. The lowest BCUT2D eigenvalue weighted by atomic mass is 9.96. The number of ether oxygens (including phenoxy) is 2. The molecule has 0 bridgehead atoms. The number of nitrogens with zero attached hydrogens (tertiary/aromatic N) is 4. The van der Waals surface area contributed by atoms with Crippen LogP contribution >= 0.6 is 11.6 Å². The van der Waals surface area contributed by atoms with Crippen molar-refractivity contribution in [3.8, 4) is 45.4 Å². The van der Waals surface area contributed by atoms with Gasteiger partial charge in [0.15, 0.2) is 0 Å². The summed E-state index contributed by atoms with van der Waals surface area (Å²) in [7, 11) is 3.23. The largest absolute Gasteiger partial charge is 0.481 e.